The molecule has 0 amide bonds. The van der Waals surface area contributed by atoms with Crippen LogP contribution in [0.4, 0.5) is 0 Å². The maximum Gasteiger partial charge on any atom is 0.127 e. The van der Waals surface area contributed by atoms with E-state index in [9.17, 15) is 0 Å². The molecule has 0 bridgehead atoms. The Kier molecular flexibility index (Phi) is 8.29. The number of hydrogen-bond donors (Lipinski definition) is 2. The average molecular weight is 742 g/mol. The molecule has 3 heteroatoms. The van der Waals surface area contributed by atoms with E-state index in [4.69, 9.17) is 10.7 Å². The third kappa shape index (κ3) is 5.80. The maximum absolute atomic E-state index is 7.11. The molecule has 0 saturated carbocycles. The fraction of sp³-hybridized carbons (Fsp3) is 0.0364. The highest BCUT2D eigenvalue weighted by Crippen LogP contribution is 2.48. The Morgan fingerprint density at radius 1 is 0.431 bits per heavy atom. The summed E-state index contributed by atoms with van der Waals surface area (Å²) in [6.07, 6.45) is 1.09. The van der Waals surface area contributed by atoms with Crippen molar-refractivity contribution < 1.29 is 0 Å². The van der Waals surface area contributed by atoms with Gasteiger partial charge in [0.1, 0.15) is 6.17 Å². The molecule has 0 aromatic heterocycles. The molecule has 0 saturated heterocycles. The molecule has 1 aliphatic carbocycles. The van der Waals surface area contributed by atoms with Crippen LogP contribution in [0.5, 0.6) is 0 Å². The van der Waals surface area contributed by atoms with Gasteiger partial charge in [-0.1, -0.05) is 188 Å². The lowest BCUT2D eigenvalue weighted by Crippen LogP contribution is -2.32. The minimum atomic E-state index is -0.481. The van der Waals surface area contributed by atoms with Gasteiger partial charge in [0.25, 0.3) is 0 Å². The lowest BCUT2D eigenvalue weighted by Gasteiger charge is -2.24. The van der Waals surface area contributed by atoms with E-state index in [0.717, 1.165) is 27.8 Å². The molecule has 11 rings (SSSR count). The maximum atomic E-state index is 7.11. The van der Waals surface area contributed by atoms with Gasteiger partial charge < -0.3 is 5.73 Å². The Balaban J connectivity index is 0.984. The number of rotatable bonds is 8. The summed E-state index contributed by atoms with van der Waals surface area (Å²) in [5.41, 5.74) is 19.9. The van der Waals surface area contributed by atoms with Crippen LogP contribution < -0.4 is 11.1 Å². The predicted octanol–water partition coefficient (Wildman–Crippen LogP) is 13.6. The number of nitrogens with two attached hydrogens (primary N) is 1. The van der Waals surface area contributed by atoms with Gasteiger partial charge >= 0.3 is 0 Å². The minimum absolute atomic E-state index is 0.415. The van der Waals surface area contributed by atoms with Gasteiger partial charge in [-0.2, -0.15) is 0 Å². The minimum Gasteiger partial charge on any atom is -0.312 e. The average Bonchev–Trinajstić information content (AvgIpc) is 3.61. The molecule has 58 heavy (non-hydrogen) atoms. The lowest BCUT2D eigenvalue weighted by molar-refractivity contribution is 0.468. The summed E-state index contributed by atoms with van der Waals surface area (Å²) in [7, 11) is 0. The van der Waals surface area contributed by atoms with Crippen molar-refractivity contribution in [2.75, 3.05) is 0 Å². The van der Waals surface area contributed by atoms with E-state index in [1.807, 2.05) is 12.3 Å². The molecule has 3 nitrogen and oxygen atoms in total. The molecule has 0 heterocycles. The normalized spacial score (nSPS) is 13.1. The van der Waals surface area contributed by atoms with E-state index < -0.39 is 12.3 Å². The third-order valence-corrected chi connectivity index (χ3v) is 11.9. The van der Waals surface area contributed by atoms with Gasteiger partial charge in [0.2, 0.25) is 0 Å². The van der Waals surface area contributed by atoms with Crippen molar-refractivity contribution in [3.63, 3.8) is 0 Å². The van der Waals surface area contributed by atoms with Crippen LogP contribution in [-0.4, -0.2) is 6.21 Å². The van der Waals surface area contributed by atoms with Crippen LogP contribution >= 0.6 is 0 Å². The topological polar surface area (TPSA) is 50.4 Å². The Labute approximate surface area is 337 Å². The van der Waals surface area contributed by atoms with E-state index >= 15 is 0 Å². The van der Waals surface area contributed by atoms with Crippen LogP contribution in [0.2, 0.25) is 0 Å². The summed E-state index contributed by atoms with van der Waals surface area (Å²) in [5, 5.41) is 13.8. The first-order valence-corrected chi connectivity index (χ1v) is 20.0. The molecule has 0 radical (unpaired) electrons. The second-order valence-corrected chi connectivity index (χ2v) is 15.3. The summed E-state index contributed by atoms with van der Waals surface area (Å²) >= 11 is 0. The van der Waals surface area contributed by atoms with Crippen molar-refractivity contribution in [1.82, 2.24) is 5.32 Å². The van der Waals surface area contributed by atoms with Gasteiger partial charge in [0, 0.05) is 6.21 Å². The largest absolute Gasteiger partial charge is 0.312 e. The predicted molar refractivity (Wildman–Crippen MR) is 245 cm³/mol. The first-order valence-electron chi connectivity index (χ1n) is 20.0. The molecule has 2 atom stereocenters. The molecular formula is C55H39N3. The molecule has 10 aromatic rings. The van der Waals surface area contributed by atoms with Gasteiger partial charge in [0.05, 0.1) is 6.17 Å². The Morgan fingerprint density at radius 2 is 1.10 bits per heavy atom. The fourth-order valence-electron chi connectivity index (χ4n) is 9.14. The second-order valence-electron chi connectivity index (χ2n) is 15.3. The number of hydrogen-bond acceptors (Lipinski definition) is 3. The van der Waals surface area contributed by atoms with Crippen molar-refractivity contribution in [2.24, 2.45) is 10.7 Å². The van der Waals surface area contributed by atoms with Gasteiger partial charge in [-0.25, -0.2) is 0 Å². The second kappa shape index (κ2) is 14.1. The first-order chi connectivity index (χ1) is 28.7. The van der Waals surface area contributed by atoms with E-state index in [0.29, 0.717) is 0 Å². The van der Waals surface area contributed by atoms with Crippen molar-refractivity contribution in [2.45, 2.75) is 12.3 Å². The van der Waals surface area contributed by atoms with E-state index in [2.05, 4.69) is 199 Å². The number of nitrogens with one attached hydrogen (secondary N) is 1. The summed E-state index contributed by atoms with van der Waals surface area (Å²) in [6, 6.07) is 71.8. The number of aliphatic imine (C=N–C) groups is 1. The molecular weight excluding hydrogens is 703 g/mol. The molecule has 274 valence electrons. The molecule has 2 unspecified atom stereocenters. The van der Waals surface area contributed by atoms with E-state index in [-0.39, 0.29) is 0 Å². The van der Waals surface area contributed by atoms with Crippen molar-refractivity contribution in [3.8, 4) is 44.5 Å². The van der Waals surface area contributed by atoms with E-state index in [1.165, 1.54) is 76.5 Å². The smallest absolute Gasteiger partial charge is 0.127 e. The summed E-state index contributed by atoms with van der Waals surface area (Å²) in [6.45, 7) is 0. The number of nitrogens with zero attached hydrogens (tertiary/aromatic N) is 1. The Bertz CT molecular complexity index is 3210. The lowest BCUT2D eigenvalue weighted by atomic mass is 9.89. The number of fused-ring (bicyclic) bond motifs is 7. The summed E-state index contributed by atoms with van der Waals surface area (Å²) < 4.78 is 0. The van der Waals surface area contributed by atoms with Gasteiger partial charge in [-0.15, -0.1) is 0 Å². The van der Waals surface area contributed by atoms with Crippen molar-refractivity contribution in [3.05, 3.63) is 217 Å². The molecule has 0 aliphatic heterocycles. The van der Waals surface area contributed by atoms with Gasteiger partial charge in [-0.05, 0) is 116 Å². The van der Waals surface area contributed by atoms with Crippen LogP contribution in [0.15, 0.2) is 205 Å². The van der Waals surface area contributed by atoms with Crippen LogP contribution in [0.25, 0.3) is 87.6 Å². The quantitative estimate of drug-likeness (QED) is 0.0705. The van der Waals surface area contributed by atoms with Crippen LogP contribution in [0, 0.1) is 0 Å². The van der Waals surface area contributed by atoms with Gasteiger partial charge in [0.15, 0.2) is 0 Å². The third-order valence-electron chi connectivity index (χ3n) is 11.9. The van der Waals surface area contributed by atoms with Crippen LogP contribution in [0.3, 0.4) is 0 Å². The zero-order valence-corrected chi connectivity index (χ0v) is 31.8. The van der Waals surface area contributed by atoms with Crippen LogP contribution in [0.1, 0.15) is 29.0 Å². The van der Waals surface area contributed by atoms with Crippen molar-refractivity contribution >= 4 is 49.3 Å². The first kappa shape index (κ1) is 34.1. The highest BCUT2D eigenvalue weighted by Gasteiger charge is 2.24. The zero-order chi connectivity index (χ0) is 38.6. The monoisotopic (exact) mass is 741 g/mol. The molecule has 3 N–H and O–H groups in total. The highest BCUT2D eigenvalue weighted by atomic mass is 15.1. The Hall–Kier alpha value is -7.17. The Morgan fingerprint density at radius 3 is 1.93 bits per heavy atom. The molecule has 0 fully saturated rings. The van der Waals surface area contributed by atoms with E-state index in [1.54, 1.807) is 0 Å². The summed E-state index contributed by atoms with van der Waals surface area (Å²) in [5.74, 6) is 0. The molecule has 1 aliphatic rings. The molecule has 10 aromatic carbocycles. The van der Waals surface area contributed by atoms with Gasteiger partial charge in [-0.3, -0.25) is 10.3 Å². The number of benzene rings is 10. The standard InChI is InChI=1S/C55H39N3/c56-54(49-21-9-8-18-42(49)36-12-2-1-3-13-36)58-55(41-29-30-45-46-22-10-16-38-17-11-23-47(53(38)46)51(45)33-41)57-34-35-24-26-39(27-25-35)52-44-20-7-5-15-40(44)32-50-43-19-6-4-14-37(43)28-31-48(50)52/h1-34,54-55,58H,56H2. The van der Waals surface area contributed by atoms with Crippen LogP contribution in [-0.2, 0) is 0 Å². The SMILES string of the molecule is NC(NC(N=Cc1ccc(-c2c3ccccc3cc3c2ccc2ccccc23)cc1)c1ccc2c(c1)-c1cccc3cccc-2c13)c1ccccc1-c1ccccc1. The molecule has 0 spiro atoms. The highest BCUT2D eigenvalue weighted by molar-refractivity contribution is 6.20. The summed E-state index contributed by atoms with van der Waals surface area (Å²) in [4.78, 5) is 5.28. The zero-order valence-electron chi connectivity index (χ0n) is 31.8. The fourth-order valence-corrected chi connectivity index (χ4v) is 9.14. The van der Waals surface area contributed by atoms with Crippen molar-refractivity contribution in [1.29, 1.82) is 0 Å².